The minimum atomic E-state index is -0.433. The van der Waals surface area contributed by atoms with Crippen LogP contribution in [0.5, 0.6) is 0 Å². The molecule has 0 amide bonds. The zero-order valence-electron chi connectivity index (χ0n) is 15.5. The number of furan rings is 1. The van der Waals surface area contributed by atoms with E-state index in [0.29, 0.717) is 18.2 Å². The van der Waals surface area contributed by atoms with Crippen molar-refractivity contribution in [2.24, 2.45) is 0 Å². The molecule has 3 heterocycles. The van der Waals surface area contributed by atoms with Crippen LogP contribution in [-0.2, 0) is 11.3 Å². The number of pyridine rings is 1. The van der Waals surface area contributed by atoms with Crippen molar-refractivity contribution < 1.29 is 13.9 Å². The van der Waals surface area contributed by atoms with Crippen LogP contribution in [0.15, 0.2) is 53.2 Å². The quantitative estimate of drug-likeness (QED) is 0.450. The summed E-state index contributed by atoms with van der Waals surface area (Å²) in [5.41, 5.74) is 3.62. The Kier molecular flexibility index (Phi) is 4.88. The fraction of sp³-hybridized carbons (Fsp3) is 0.190. The number of ether oxygens (including phenoxy) is 1. The second kappa shape index (κ2) is 7.48. The summed E-state index contributed by atoms with van der Waals surface area (Å²) < 4.78 is 12.9. The van der Waals surface area contributed by atoms with Gasteiger partial charge in [0, 0.05) is 39.6 Å². The first-order chi connectivity index (χ1) is 13.5. The average Bonchev–Trinajstić information content (AvgIpc) is 3.27. The number of aryl methyl sites for hydroxylation is 1. The lowest BCUT2D eigenvalue weighted by atomic mass is 10.1. The van der Waals surface area contributed by atoms with Gasteiger partial charge in [-0.3, -0.25) is 9.67 Å². The van der Waals surface area contributed by atoms with E-state index in [9.17, 15) is 4.79 Å². The minimum absolute atomic E-state index is 0.285. The first-order valence-corrected chi connectivity index (χ1v) is 9.27. The minimum Gasteiger partial charge on any atom is -0.461 e. The predicted molar refractivity (Wildman–Crippen MR) is 106 cm³/mol. The fourth-order valence-electron chi connectivity index (χ4n) is 3.09. The molecule has 0 saturated carbocycles. The number of hydrogen-bond donors (Lipinski definition) is 0. The van der Waals surface area contributed by atoms with Gasteiger partial charge in [-0.1, -0.05) is 11.6 Å². The monoisotopic (exact) mass is 395 g/mol. The van der Waals surface area contributed by atoms with Gasteiger partial charge in [-0.05, 0) is 50.2 Å². The molecule has 4 rings (SSSR count). The summed E-state index contributed by atoms with van der Waals surface area (Å²) in [5.74, 6) is 0.286. The molecule has 0 radical (unpaired) electrons. The van der Waals surface area contributed by atoms with E-state index < -0.39 is 5.97 Å². The summed E-state index contributed by atoms with van der Waals surface area (Å²) in [6.45, 7) is 4.38. The predicted octanol–water partition coefficient (Wildman–Crippen LogP) is 4.88. The number of rotatable bonds is 5. The number of hydrogen-bond acceptors (Lipinski definition) is 5. The van der Waals surface area contributed by atoms with Crippen molar-refractivity contribution in [3.05, 3.63) is 70.8 Å². The molecule has 3 aromatic heterocycles. The van der Waals surface area contributed by atoms with E-state index in [2.05, 4.69) is 10.1 Å². The van der Waals surface area contributed by atoms with Crippen LogP contribution in [0.2, 0.25) is 5.02 Å². The second-order valence-corrected chi connectivity index (χ2v) is 6.82. The Hall–Kier alpha value is -3.12. The first kappa shape index (κ1) is 18.3. The molecule has 0 aliphatic rings. The topological polar surface area (TPSA) is 70.2 Å². The zero-order chi connectivity index (χ0) is 19.7. The lowest BCUT2D eigenvalue weighted by Crippen LogP contribution is -2.08. The van der Waals surface area contributed by atoms with Gasteiger partial charge in [0.25, 0.3) is 0 Å². The third kappa shape index (κ3) is 3.51. The van der Waals surface area contributed by atoms with Gasteiger partial charge in [0.2, 0.25) is 0 Å². The molecule has 0 atom stereocenters. The molecular weight excluding hydrogens is 378 g/mol. The highest BCUT2D eigenvalue weighted by molar-refractivity contribution is 6.31. The molecule has 0 unspecified atom stereocenters. The van der Waals surface area contributed by atoms with Crippen molar-refractivity contribution in [2.45, 2.75) is 20.4 Å². The first-order valence-electron chi connectivity index (χ1n) is 8.89. The molecule has 142 valence electrons. The van der Waals surface area contributed by atoms with Crippen molar-refractivity contribution >= 4 is 28.5 Å². The maximum Gasteiger partial charge on any atom is 0.358 e. The van der Waals surface area contributed by atoms with Crippen molar-refractivity contribution in [3.8, 4) is 11.3 Å². The van der Waals surface area contributed by atoms with Crippen LogP contribution in [0.1, 0.15) is 28.7 Å². The molecule has 0 aliphatic heterocycles. The standard InChI is InChI=1S/C21H18ClN3O3/c1-3-27-21(26)18-7-13(2)25(24-18)12-16-9-17(22)8-15-10-19(28-20(15)16)14-5-4-6-23-11-14/h4-11H,3,12H2,1-2H3. The molecule has 0 saturated heterocycles. The van der Waals surface area contributed by atoms with Crippen LogP contribution in [-0.4, -0.2) is 27.3 Å². The van der Waals surface area contributed by atoms with E-state index in [1.807, 2.05) is 37.3 Å². The molecule has 0 bridgehead atoms. The van der Waals surface area contributed by atoms with Gasteiger partial charge in [0.15, 0.2) is 5.69 Å². The normalized spacial score (nSPS) is 11.1. The van der Waals surface area contributed by atoms with Gasteiger partial charge < -0.3 is 9.15 Å². The Labute approximate surface area is 166 Å². The molecule has 28 heavy (non-hydrogen) atoms. The van der Waals surface area contributed by atoms with E-state index in [-0.39, 0.29) is 5.69 Å². The third-order valence-corrected chi connectivity index (χ3v) is 4.61. The number of benzene rings is 1. The molecule has 4 aromatic rings. The lowest BCUT2D eigenvalue weighted by molar-refractivity contribution is 0.0518. The molecule has 0 N–H and O–H groups in total. The Morgan fingerprint density at radius 1 is 1.29 bits per heavy atom. The van der Waals surface area contributed by atoms with E-state index in [1.54, 1.807) is 30.1 Å². The maximum atomic E-state index is 11.9. The van der Waals surface area contributed by atoms with Crippen LogP contribution < -0.4 is 0 Å². The number of esters is 1. The largest absolute Gasteiger partial charge is 0.461 e. The van der Waals surface area contributed by atoms with Crippen molar-refractivity contribution in [1.82, 2.24) is 14.8 Å². The van der Waals surface area contributed by atoms with Gasteiger partial charge in [-0.2, -0.15) is 5.10 Å². The van der Waals surface area contributed by atoms with E-state index in [4.69, 9.17) is 20.8 Å². The summed E-state index contributed by atoms with van der Waals surface area (Å²) in [7, 11) is 0. The SMILES string of the molecule is CCOC(=O)c1cc(C)n(Cc2cc(Cl)cc3cc(-c4cccnc4)oc23)n1. The summed E-state index contributed by atoms with van der Waals surface area (Å²) in [6.07, 6.45) is 3.47. The van der Waals surface area contributed by atoms with Gasteiger partial charge in [-0.25, -0.2) is 4.79 Å². The van der Waals surface area contributed by atoms with Gasteiger partial charge in [0.05, 0.1) is 13.2 Å². The van der Waals surface area contributed by atoms with Crippen molar-refractivity contribution in [3.63, 3.8) is 0 Å². The molecule has 7 heteroatoms. The average molecular weight is 396 g/mol. The van der Waals surface area contributed by atoms with E-state index >= 15 is 0 Å². The molecule has 0 fully saturated rings. The highest BCUT2D eigenvalue weighted by Crippen LogP contribution is 2.32. The van der Waals surface area contributed by atoms with Crippen molar-refractivity contribution in [1.29, 1.82) is 0 Å². The van der Waals surface area contributed by atoms with E-state index in [0.717, 1.165) is 33.6 Å². The number of carbonyl (C=O) groups excluding carboxylic acids is 1. The van der Waals surface area contributed by atoms with Crippen LogP contribution in [0.4, 0.5) is 0 Å². The van der Waals surface area contributed by atoms with Crippen LogP contribution in [0.25, 0.3) is 22.3 Å². The number of halogens is 1. The van der Waals surface area contributed by atoms with Crippen LogP contribution in [0.3, 0.4) is 0 Å². The number of fused-ring (bicyclic) bond motifs is 1. The highest BCUT2D eigenvalue weighted by atomic mass is 35.5. The lowest BCUT2D eigenvalue weighted by Gasteiger charge is -2.06. The highest BCUT2D eigenvalue weighted by Gasteiger charge is 2.16. The summed E-state index contributed by atoms with van der Waals surface area (Å²) >= 11 is 6.32. The molecule has 0 spiro atoms. The Bertz CT molecular complexity index is 1150. The molecular formula is C21H18ClN3O3. The molecule has 1 aromatic carbocycles. The molecule has 6 nitrogen and oxygen atoms in total. The second-order valence-electron chi connectivity index (χ2n) is 6.38. The number of aromatic nitrogens is 3. The number of nitrogens with zero attached hydrogens (tertiary/aromatic N) is 3. The Morgan fingerprint density at radius 2 is 2.14 bits per heavy atom. The van der Waals surface area contributed by atoms with Gasteiger partial charge >= 0.3 is 5.97 Å². The molecule has 0 aliphatic carbocycles. The van der Waals surface area contributed by atoms with Gasteiger partial charge in [0.1, 0.15) is 11.3 Å². The zero-order valence-corrected chi connectivity index (χ0v) is 16.2. The Balaban J connectivity index is 1.73. The van der Waals surface area contributed by atoms with Crippen molar-refractivity contribution in [2.75, 3.05) is 6.61 Å². The van der Waals surface area contributed by atoms with Crippen LogP contribution in [0, 0.1) is 6.92 Å². The van der Waals surface area contributed by atoms with Gasteiger partial charge in [-0.15, -0.1) is 0 Å². The summed E-state index contributed by atoms with van der Waals surface area (Å²) in [5, 5.41) is 5.88. The summed E-state index contributed by atoms with van der Waals surface area (Å²) in [6, 6.07) is 11.2. The smallest absolute Gasteiger partial charge is 0.358 e. The fourth-order valence-corrected chi connectivity index (χ4v) is 3.34. The van der Waals surface area contributed by atoms with Crippen LogP contribution >= 0.6 is 11.6 Å². The number of carbonyl (C=O) groups is 1. The maximum absolute atomic E-state index is 11.9. The Morgan fingerprint density at radius 3 is 2.89 bits per heavy atom. The summed E-state index contributed by atoms with van der Waals surface area (Å²) in [4.78, 5) is 16.1. The third-order valence-electron chi connectivity index (χ3n) is 4.39. The van der Waals surface area contributed by atoms with E-state index in [1.165, 1.54) is 0 Å².